The summed E-state index contributed by atoms with van der Waals surface area (Å²) < 4.78 is 40.9. The van der Waals surface area contributed by atoms with Crippen LogP contribution in [0.3, 0.4) is 0 Å². The zero-order valence-corrected chi connectivity index (χ0v) is 18.6. The van der Waals surface area contributed by atoms with Gasteiger partial charge in [0.1, 0.15) is 5.03 Å². The minimum absolute atomic E-state index is 0.242. The van der Waals surface area contributed by atoms with Crippen molar-refractivity contribution in [2.75, 3.05) is 35.5 Å². The molecule has 0 fully saturated rings. The van der Waals surface area contributed by atoms with Crippen molar-refractivity contribution in [3.05, 3.63) is 60.2 Å². The van der Waals surface area contributed by atoms with Crippen LogP contribution in [0.4, 0.5) is 0 Å². The van der Waals surface area contributed by atoms with Crippen molar-refractivity contribution in [3.8, 4) is 0 Å². The Hall–Kier alpha value is -0.880. The van der Waals surface area contributed by atoms with Crippen molar-refractivity contribution in [1.29, 1.82) is 0 Å². The van der Waals surface area contributed by atoms with Crippen molar-refractivity contribution in [2.24, 2.45) is 0 Å². The summed E-state index contributed by atoms with van der Waals surface area (Å²) >= 11 is 1.53. The molecule has 9 heteroatoms. The average Bonchev–Trinajstić information content (AvgIpc) is 2.73. The maximum atomic E-state index is 13.5. The van der Waals surface area contributed by atoms with Gasteiger partial charge in [-0.2, -0.15) is 0 Å². The Morgan fingerprint density at radius 1 is 0.741 bits per heavy atom. The second-order valence-corrected chi connectivity index (χ2v) is 11.3. The summed E-state index contributed by atoms with van der Waals surface area (Å²) in [6.45, 7) is 0. The summed E-state index contributed by atoms with van der Waals surface area (Å²) in [6, 6.07) is 17.4. The molecule has 0 bridgehead atoms. The van der Waals surface area contributed by atoms with Crippen LogP contribution in [0.5, 0.6) is 0 Å². The van der Waals surface area contributed by atoms with Crippen LogP contribution in [0.25, 0.3) is 0 Å². The van der Waals surface area contributed by atoms with Gasteiger partial charge in [0.25, 0.3) is 7.57 Å². The van der Waals surface area contributed by atoms with Gasteiger partial charge in [-0.1, -0.05) is 48.2 Å². The quantitative estimate of drug-likeness (QED) is 0.487. The summed E-state index contributed by atoms with van der Waals surface area (Å²) in [5.41, 5.74) is 0.636. The largest absolute Gasteiger partial charge is 0.368 e. The standard InChI is InChI=1S/C18H24O6P2S/c1-20-25(19,21-2)18(26(22-3,23-4)24-5)16-13-9-10-14-17(16)27-15-11-7-6-8-12-15/h6-14H,1-5H3. The average molecular weight is 430 g/mol. The molecule has 0 heterocycles. The van der Waals surface area contributed by atoms with E-state index in [0.29, 0.717) is 5.56 Å². The Morgan fingerprint density at radius 3 is 1.78 bits per heavy atom. The zero-order chi connectivity index (χ0) is 19.9. The molecule has 2 aromatic rings. The van der Waals surface area contributed by atoms with Gasteiger partial charge in [0.2, 0.25) is 0 Å². The lowest BCUT2D eigenvalue weighted by Crippen LogP contribution is -2.13. The van der Waals surface area contributed by atoms with Crippen molar-refractivity contribution in [2.45, 2.75) is 9.79 Å². The van der Waals surface area contributed by atoms with Gasteiger partial charge >= 0.3 is 7.60 Å². The van der Waals surface area contributed by atoms with Crippen molar-refractivity contribution in [1.82, 2.24) is 0 Å². The Labute approximate surface area is 164 Å². The third-order valence-corrected chi connectivity index (χ3v) is 10.3. The van der Waals surface area contributed by atoms with Gasteiger partial charge in [-0.15, -0.1) is 0 Å². The summed E-state index contributed by atoms with van der Waals surface area (Å²) in [7, 11) is 0.0907. The third kappa shape index (κ3) is 4.76. The number of benzene rings is 2. The fourth-order valence-corrected chi connectivity index (χ4v) is 8.52. The van der Waals surface area contributed by atoms with Gasteiger partial charge in [-0.05, 0) is 18.2 Å². The minimum atomic E-state index is -3.74. The molecular weight excluding hydrogens is 406 g/mol. The highest BCUT2D eigenvalue weighted by atomic mass is 32.2. The molecule has 2 rings (SSSR count). The monoisotopic (exact) mass is 430 g/mol. The molecule has 0 aliphatic carbocycles. The van der Waals surface area contributed by atoms with E-state index in [1.165, 1.54) is 47.3 Å². The van der Waals surface area contributed by atoms with E-state index in [-0.39, 0.29) is 5.03 Å². The molecule has 0 aliphatic heterocycles. The topological polar surface area (TPSA) is 63.2 Å². The highest BCUT2D eigenvalue weighted by Crippen LogP contribution is 2.65. The first kappa shape index (κ1) is 22.4. The van der Waals surface area contributed by atoms with Crippen LogP contribution in [0, 0.1) is 0 Å². The molecule has 0 aliphatic rings. The van der Waals surface area contributed by atoms with Gasteiger partial charge in [0.15, 0.2) is 0 Å². The summed E-state index contributed by atoms with van der Waals surface area (Å²) in [5.74, 6) is 0. The second-order valence-electron chi connectivity index (χ2n) is 5.14. The van der Waals surface area contributed by atoms with Crippen molar-refractivity contribution >= 4 is 32.0 Å². The molecule has 148 valence electrons. The lowest BCUT2D eigenvalue weighted by Gasteiger charge is -2.28. The van der Waals surface area contributed by atoms with Gasteiger partial charge in [0, 0.05) is 50.9 Å². The smallest absolute Gasteiger partial charge is 0.320 e. The normalized spacial score (nSPS) is 12.2. The third-order valence-electron chi connectivity index (χ3n) is 3.82. The van der Waals surface area contributed by atoms with Crippen LogP contribution in [0.1, 0.15) is 5.56 Å². The highest BCUT2D eigenvalue weighted by molar-refractivity contribution is 7.99. The summed E-state index contributed by atoms with van der Waals surface area (Å²) in [6.07, 6.45) is 0. The first-order valence-corrected chi connectivity index (χ1v) is 11.9. The van der Waals surface area contributed by atoms with Crippen LogP contribution < -0.4 is 0 Å². The number of hydrogen-bond acceptors (Lipinski definition) is 7. The van der Waals surface area contributed by atoms with Crippen molar-refractivity contribution in [3.63, 3.8) is 0 Å². The van der Waals surface area contributed by atoms with Crippen LogP contribution in [0.2, 0.25) is 0 Å². The molecule has 0 aromatic heterocycles. The molecule has 0 N–H and O–H groups in total. The van der Waals surface area contributed by atoms with E-state index in [1.807, 2.05) is 54.6 Å². The van der Waals surface area contributed by atoms with E-state index in [1.54, 1.807) is 0 Å². The maximum absolute atomic E-state index is 13.5. The molecule has 0 saturated heterocycles. The molecule has 0 unspecified atom stereocenters. The number of hydrogen-bond donors (Lipinski definition) is 0. The van der Waals surface area contributed by atoms with Gasteiger partial charge < -0.3 is 22.6 Å². The molecule has 0 atom stereocenters. The van der Waals surface area contributed by atoms with E-state index >= 15 is 0 Å². The van der Waals surface area contributed by atoms with E-state index in [0.717, 1.165) is 9.79 Å². The molecule has 0 amide bonds. The van der Waals surface area contributed by atoms with Gasteiger partial charge in [0.05, 0.1) is 0 Å². The van der Waals surface area contributed by atoms with Crippen LogP contribution in [-0.2, 0) is 27.2 Å². The van der Waals surface area contributed by atoms with Crippen LogP contribution >= 0.6 is 26.9 Å². The number of rotatable bonds is 9. The lowest BCUT2D eigenvalue weighted by molar-refractivity contribution is 0.232. The molecule has 6 nitrogen and oxygen atoms in total. The SMILES string of the molecule is COP(=O)(OC)C(c1ccccc1Sc1ccccc1)=P(OC)(OC)OC. The Balaban J connectivity index is 2.79. The first-order chi connectivity index (χ1) is 13.0. The predicted octanol–water partition coefficient (Wildman–Crippen LogP) is 5.50. The maximum Gasteiger partial charge on any atom is 0.368 e. The molecule has 2 aromatic carbocycles. The Kier molecular flexibility index (Phi) is 8.35. The van der Waals surface area contributed by atoms with Gasteiger partial charge in [-0.25, -0.2) is 0 Å². The fraction of sp³-hybridized carbons (Fsp3) is 0.278. The molecule has 0 spiro atoms. The first-order valence-electron chi connectivity index (χ1n) is 7.98. The minimum Gasteiger partial charge on any atom is -0.320 e. The highest BCUT2D eigenvalue weighted by Gasteiger charge is 2.41. The zero-order valence-electron chi connectivity index (χ0n) is 15.9. The summed E-state index contributed by atoms with van der Waals surface area (Å²) in [4.78, 5) is 1.88. The van der Waals surface area contributed by atoms with E-state index in [9.17, 15) is 4.57 Å². The summed E-state index contributed by atoms with van der Waals surface area (Å²) in [5, 5.41) is 0.242. The Bertz CT molecular complexity index is 829. The Morgan fingerprint density at radius 2 is 1.26 bits per heavy atom. The van der Waals surface area contributed by atoms with Crippen LogP contribution in [0.15, 0.2) is 64.4 Å². The lowest BCUT2D eigenvalue weighted by atomic mass is 10.2. The van der Waals surface area contributed by atoms with Gasteiger partial charge in [-0.3, -0.25) is 4.57 Å². The van der Waals surface area contributed by atoms with E-state index < -0.39 is 15.2 Å². The molecular formula is C18H24O6P2S. The molecule has 0 saturated carbocycles. The molecule has 0 radical (unpaired) electrons. The van der Waals surface area contributed by atoms with E-state index in [2.05, 4.69) is 0 Å². The molecule has 27 heavy (non-hydrogen) atoms. The van der Waals surface area contributed by atoms with E-state index in [4.69, 9.17) is 22.6 Å². The predicted molar refractivity (Wildman–Crippen MR) is 111 cm³/mol. The second kappa shape index (κ2) is 10.1. The van der Waals surface area contributed by atoms with Crippen molar-refractivity contribution < 1.29 is 27.2 Å². The van der Waals surface area contributed by atoms with Crippen LogP contribution in [-0.4, -0.2) is 40.6 Å². The fourth-order valence-electron chi connectivity index (χ4n) is 2.53.